The highest BCUT2D eigenvalue weighted by atomic mass is 16.5. The molecule has 2 heteroatoms. The van der Waals surface area contributed by atoms with E-state index in [1.807, 2.05) is 0 Å². The first-order valence-corrected chi connectivity index (χ1v) is 13.5. The van der Waals surface area contributed by atoms with Crippen molar-refractivity contribution in [1.29, 1.82) is 0 Å². The van der Waals surface area contributed by atoms with Crippen LogP contribution in [0.2, 0.25) is 0 Å². The van der Waals surface area contributed by atoms with Crippen molar-refractivity contribution in [2.45, 2.75) is 104 Å². The molecule has 1 aliphatic rings. The molecule has 1 aliphatic carbocycles. The van der Waals surface area contributed by atoms with Gasteiger partial charge in [0.1, 0.15) is 5.75 Å². The summed E-state index contributed by atoms with van der Waals surface area (Å²) in [5, 5.41) is 0. The number of pyridine rings is 1. The van der Waals surface area contributed by atoms with Gasteiger partial charge in [0.15, 0.2) is 0 Å². The number of aryl methyl sites for hydroxylation is 1. The summed E-state index contributed by atoms with van der Waals surface area (Å²) in [7, 11) is 0. The average molecular weight is 436 g/mol. The Morgan fingerprint density at radius 3 is 2.09 bits per heavy atom. The minimum atomic E-state index is 0.812. The van der Waals surface area contributed by atoms with Crippen molar-refractivity contribution in [3.63, 3.8) is 0 Å². The number of hydrogen-bond donors (Lipinski definition) is 0. The number of nitrogens with zero attached hydrogens (tertiary/aromatic N) is 1. The molecule has 3 rings (SSSR count). The van der Waals surface area contributed by atoms with Gasteiger partial charge in [0, 0.05) is 11.8 Å². The van der Waals surface area contributed by atoms with Crippen molar-refractivity contribution < 1.29 is 4.74 Å². The van der Waals surface area contributed by atoms with E-state index in [0.717, 1.165) is 41.9 Å². The minimum absolute atomic E-state index is 0.812. The first kappa shape index (κ1) is 24.8. The van der Waals surface area contributed by atoms with Crippen LogP contribution in [0.4, 0.5) is 0 Å². The van der Waals surface area contributed by atoms with Crippen LogP contribution < -0.4 is 4.74 Å². The molecule has 0 saturated heterocycles. The van der Waals surface area contributed by atoms with Crippen LogP contribution in [0, 0.1) is 11.8 Å². The van der Waals surface area contributed by atoms with E-state index >= 15 is 0 Å². The number of hydrogen-bond acceptors (Lipinski definition) is 2. The van der Waals surface area contributed by atoms with Crippen LogP contribution in [0.3, 0.4) is 0 Å². The van der Waals surface area contributed by atoms with Crippen LogP contribution in [0.5, 0.6) is 5.75 Å². The highest BCUT2D eigenvalue weighted by Crippen LogP contribution is 2.34. The molecule has 0 spiro atoms. The Kier molecular flexibility index (Phi) is 11.1. The normalized spacial score (nSPS) is 18.6. The van der Waals surface area contributed by atoms with Crippen molar-refractivity contribution in [1.82, 2.24) is 4.98 Å². The van der Waals surface area contributed by atoms with Crippen LogP contribution in [0.25, 0.3) is 11.3 Å². The molecule has 0 atom stereocenters. The van der Waals surface area contributed by atoms with Crippen molar-refractivity contribution in [3.8, 4) is 17.0 Å². The zero-order valence-electron chi connectivity index (χ0n) is 20.7. The highest BCUT2D eigenvalue weighted by Gasteiger charge is 2.20. The van der Waals surface area contributed by atoms with Crippen LogP contribution >= 0.6 is 0 Å². The molecule has 1 aromatic carbocycles. The molecule has 1 fully saturated rings. The quantitative estimate of drug-likeness (QED) is 0.276. The molecular weight excluding hydrogens is 390 g/mol. The largest absolute Gasteiger partial charge is 0.494 e. The fourth-order valence-corrected chi connectivity index (χ4v) is 5.05. The molecule has 0 unspecified atom stereocenters. The van der Waals surface area contributed by atoms with Gasteiger partial charge in [-0.25, -0.2) is 0 Å². The smallest absolute Gasteiger partial charge is 0.119 e. The fraction of sp³-hybridized carbons (Fsp3) is 0.633. The van der Waals surface area contributed by atoms with E-state index in [9.17, 15) is 0 Å². The van der Waals surface area contributed by atoms with Gasteiger partial charge < -0.3 is 4.74 Å². The summed E-state index contributed by atoms with van der Waals surface area (Å²) in [6.45, 7) is 5.36. The van der Waals surface area contributed by atoms with E-state index in [1.54, 1.807) is 0 Å². The molecule has 1 aromatic heterocycles. The third kappa shape index (κ3) is 8.60. The number of rotatable bonds is 14. The maximum absolute atomic E-state index is 5.86. The summed E-state index contributed by atoms with van der Waals surface area (Å²) in [5.41, 5.74) is 3.60. The van der Waals surface area contributed by atoms with Gasteiger partial charge >= 0.3 is 0 Å². The Balaban J connectivity index is 1.38. The molecule has 0 radical (unpaired) electrons. The highest BCUT2D eigenvalue weighted by molar-refractivity contribution is 5.60. The lowest BCUT2D eigenvalue weighted by Gasteiger charge is -2.28. The van der Waals surface area contributed by atoms with Crippen LogP contribution in [-0.2, 0) is 6.42 Å². The summed E-state index contributed by atoms with van der Waals surface area (Å²) in [5.74, 6) is 2.89. The Morgan fingerprint density at radius 2 is 1.44 bits per heavy atom. The van der Waals surface area contributed by atoms with Crippen molar-refractivity contribution in [2.24, 2.45) is 11.8 Å². The number of aromatic nitrogens is 1. The number of benzene rings is 1. The maximum atomic E-state index is 5.86. The predicted octanol–water partition coefficient (Wildman–Crippen LogP) is 9.03. The molecule has 0 bridgehead atoms. The molecular formula is C30H45NO. The molecule has 0 aliphatic heterocycles. The van der Waals surface area contributed by atoms with Gasteiger partial charge in [-0.05, 0) is 67.0 Å². The van der Waals surface area contributed by atoms with Crippen molar-refractivity contribution >= 4 is 0 Å². The van der Waals surface area contributed by atoms with E-state index in [-0.39, 0.29) is 0 Å². The lowest BCUT2D eigenvalue weighted by molar-refractivity contribution is 0.249. The molecule has 32 heavy (non-hydrogen) atoms. The second-order valence-electron chi connectivity index (χ2n) is 9.91. The van der Waals surface area contributed by atoms with E-state index in [0.29, 0.717) is 0 Å². The zero-order chi connectivity index (χ0) is 22.4. The SMILES string of the molecule is CCCCCCOc1ccc(-c2ccc(CC[C@H]3CC[C@H](CCCCC)CC3)cn2)cc1. The van der Waals surface area contributed by atoms with Gasteiger partial charge in [0.05, 0.1) is 12.3 Å². The molecule has 176 valence electrons. The molecule has 2 nitrogen and oxygen atoms in total. The minimum Gasteiger partial charge on any atom is -0.494 e. The Labute approximate surface area is 197 Å². The Morgan fingerprint density at radius 1 is 0.750 bits per heavy atom. The van der Waals surface area contributed by atoms with Crippen molar-refractivity contribution in [2.75, 3.05) is 6.61 Å². The van der Waals surface area contributed by atoms with Crippen LogP contribution in [-0.4, -0.2) is 11.6 Å². The fourth-order valence-electron chi connectivity index (χ4n) is 5.05. The number of ether oxygens (including phenoxy) is 1. The monoisotopic (exact) mass is 435 g/mol. The first-order valence-electron chi connectivity index (χ1n) is 13.5. The van der Waals surface area contributed by atoms with E-state index < -0.39 is 0 Å². The van der Waals surface area contributed by atoms with Gasteiger partial charge in [-0.15, -0.1) is 0 Å². The third-order valence-electron chi connectivity index (χ3n) is 7.26. The molecule has 2 aromatic rings. The summed E-state index contributed by atoms with van der Waals surface area (Å²) >= 11 is 0. The van der Waals surface area contributed by atoms with Crippen LogP contribution in [0.1, 0.15) is 103 Å². The molecule has 1 heterocycles. The molecule has 1 saturated carbocycles. The van der Waals surface area contributed by atoms with Gasteiger partial charge in [-0.1, -0.05) is 90.5 Å². The summed E-state index contributed by atoms with van der Waals surface area (Å²) in [6.07, 6.45) is 21.0. The van der Waals surface area contributed by atoms with Gasteiger partial charge in [-0.2, -0.15) is 0 Å². The summed E-state index contributed by atoms with van der Waals surface area (Å²) < 4.78 is 5.86. The third-order valence-corrected chi connectivity index (χ3v) is 7.26. The second kappa shape index (κ2) is 14.3. The van der Waals surface area contributed by atoms with E-state index in [1.165, 1.54) is 89.0 Å². The van der Waals surface area contributed by atoms with E-state index in [2.05, 4.69) is 56.4 Å². The van der Waals surface area contributed by atoms with Gasteiger partial charge in [0.25, 0.3) is 0 Å². The van der Waals surface area contributed by atoms with Gasteiger partial charge in [-0.3, -0.25) is 4.98 Å². The summed E-state index contributed by atoms with van der Waals surface area (Å²) in [6, 6.07) is 12.9. The lowest BCUT2D eigenvalue weighted by Crippen LogP contribution is -2.15. The Hall–Kier alpha value is -1.83. The van der Waals surface area contributed by atoms with Gasteiger partial charge in [0.2, 0.25) is 0 Å². The lowest BCUT2D eigenvalue weighted by atomic mass is 9.78. The van der Waals surface area contributed by atoms with Crippen molar-refractivity contribution in [3.05, 3.63) is 48.2 Å². The summed E-state index contributed by atoms with van der Waals surface area (Å²) in [4.78, 5) is 4.75. The molecule has 0 N–H and O–H groups in total. The van der Waals surface area contributed by atoms with Crippen LogP contribution in [0.15, 0.2) is 42.6 Å². The Bertz CT molecular complexity index is 728. The second-order valence-corrected chi connectivity index (χ2v) is 9.91. The maximum Gasteiger partial charge on any atom is 0.119 e. The average Bonchev–Trinajstić information content (AvgIpc) is 2.84. The first-order chi connectivity index (χ1) is 15.8. The zero-order valence-corrected chi connectivity index (χ0v) is 20.7. The standard InChI is InChI=1S/C30H45NO/c1-3-5-7-9-23-32-29-20-18-28(19-21-29)30-22-17-27(24-31-30)16-15-26-13-11-25(12-14-26)10-8-6-4-2/h17-22,24-26H,3-16,23H2,1-2H3/t25-,26-. The molecule has 0 amide bonds. The topological polar surface area (TPSA) is 22.1 Å². The predicted molar refractivity (Wildman–Crippen MR) is 137 cm³/mol. The number of unbranched alkanes of at least 4 members (excludes halogenated alkanes) is 5. The van der Waals surface area contributed by atoms with E-state index in [4.69, 9.17) is 9.72 Å².